The number of hydrogen-bond acceptors (Lipinski definition) is 2. The molecule has 2 unspecified atom stereocenters. The van der Waals surface area contributed by atoms with E-state index in [1.165, 1.54) is 78.5 Å². The standard InChI is InChI=1S/C36H54O2/c1-8-12-14-18-27(10-3)25-37-34-30-20-16-17-21-31(30)35(38-26-28(11-4)19-15-13-9-2)33-24-29(36(5,6)7)22-23-32(33)34/h16-17,20-24,27-28H,8-15,18-19,25-26H2,1-7H3. The van der Waals surface area contributed by atoms with E-state index in [4.69, 9.17) is 9.47 Å². The molecule has 210 valence electrons. The normalized spacial score (nSPS) is 13.7. The largest absolute Gasteiger partial charge is 0.492 e. The van der Waals surface area contributed by atoms with Gasteiger partial charge in [0, 0.05) is 21.5 Å². The summed E-state index contributed by atoms with van der Waals surface area (Å²) < 4.78 is 13.5. The smallest absolute Gasteiger partial charge is 0.135 e. The van der Waals surface area contributed by atoms with Crippen molar-refractivity contribution in [1.29, 1.82) is 0 Å². The zero-order chi connectivity index (χ0) is 27.5. The summed E-state index contributed by atoms with van der Waals surface area (Å²) in [6.45, 7) is 17.6. The topological polar surface area (TPSA) is 18.5 Å². The Kier molecular flexibility index (Phi) is 11.8. The number of hydrogen-bond donors (Lipinski definition) is 0. The summed E-state index contributed by atoms with van der Waals surface area (Å²) in [6, 6.07) is 15.6. The first-order valence-corrected chi connectivity index (χ1v) is 15.6. The lowest BCUT2D eigenvalue weighted by molar-refractivity contribution is 0.234. The van der Waals surface area contributed by atoms with Crippen LogP contribution in [0.1, 0.15) is 118 Å². The Morgan fingerprint density at radius 3 is 1.53 bits per heavy atom. The average molecular weight is 519 g/mol. The fraction of sp³-hybridized carbons (Fsp3) is 0.611. The Labute approximate surface area is 233 Å². The van der Waals surface area contributed by atoms with E-state index in [0.717, 1.165) is 37.6 Å². The lowest BCUT2D eigenvalue weighted by atomic mass is 9.85. The predicted octanol–water partition coefficient (Wildman–Crippen LogP) is 11.3. The minimum atomic E-state index is 0.0663. The van der Waals surface area contributed by atoms with Crippen LogP contribution in [0.5, 0.6) is 11.5 Å². The lowest BCUT2D eigenvalue weighted by Crippen LogP contribution is -2.14. The number of ether oxygens (including phenoxy) is 2. The summed E-state index contributed by atoms with van der Waals surface area (Å²) in [5, 5.41) is 4.70. The minimum Gasteiger partial charge on any atom is -0.492 e. The average Bonchev–Trinajstić information content (AvgIpc) is 2.91. The molecule has 0 saturated heterocycles. The molecule has 0 amide bonds. The second kappa shape index (κ2) is 14.8. The summed E-state index contributed by atoms with van der Waals surface area (Å²) in [5.41, 5.74) is 1.40. The molecule has 3 aromatic rings. The Morgan fingerprint density at radius 1 is 0.605 bits per heavy atom. The SMILES string of the molecule is CCCCCC(CC)COc1c2ccccc2c(OCC(CC)CCCCC)c2cc(C(C)(C)C)ccc12. The Balaban J connectivity index is 2.05. The molecule has 0 radical (unpaired) electrons. The fourth-order valence-electron chi connectivity index (χ4n) is 5.46. The first kappa shape index (κ1) is 30.3. The predicted molar refractivity (Wildman–Crippen MR) is 167 cm³/mol. The molecule has 0 N–H and O–H groups in total. The summed E-state index contributed by atoms with van der Waals surface area (Å²) >= 11 is 0. The van der Waals surface area contributed by atoms with Crippen molar-refractivity contribution in [2.45, 2.75) is 118 Å². The molecular weight excluding hydrogens is 464 g/mol. The third-order valence-corrected chi connectivity index (χ3v) is 8.30. The highest BCUT2D eigenvalue weighted by Crippen LogP contribution is 2.44. The van der Waals surface area contributed by atoms with Crippen LogP contribution >= 0.6 is 0 Å². The molecule has 0 fully saturated rings. The molecule has 2 nitrogen and oxygen atoms in total. The third kappa shape index (κ3) is 7.90. The first-order valence-electron chi connectivity index (χ1n) is 15.6. The van der Waals surface area contributed by atoms with Gasteiger partial charge in [0.05, 0.1) is 13.2 Å². The van der Waals surface area contributed by atoms with Crippen LogP contribution in [-0.2, 0) is 5.41 Å². The van der Waals surface area contributed by atoms with E-state index in [0.29, 0.717) is 11.8 Å². The molecule has 0 spiro atoms. The molecule has 0 heterocycles. The van der Waals surface area contributed by atoms with Crippen LogP contribution in [0.15, 0.2) is 42.5 Å². The van der Waals surface area contributed by atoms with E-state index in [1.807, 2.05) is 0 Å². The molecule has 0 aliphatic rings. The third-order valence-electron chi connectivity index (χ3n) is 8.30. The van der Waals surface area contributed by atoms with Gasteiger partial charge in [0.15, 0.2) is 0 Å². The van der Waals surface area contributed by atoms with Crippen molar-refractivity contribution >= 4 is 21.5 Å². The Hall–Kier alpha value is -2.22. The van der Waals surface area contributed by atoms with Gasteiger partial charge in [-0.05, 0) is 41.7 Å². The van der Waals surface area contributed by atoms with Gasteiger partial charge >= 0.3 is 0 Å². The van der Waals surface area contributed by atoms with Crippen molar-refractivity contribution in [2.75, 3.05) is 13.2 Å². The second-order valence-corrected chi connectivity index (χ2v) is 12.4. The molecule has 3 rings (SSSR count). The molecule has 0 aromatic heterocycles. The number of unbranched alkanes of at least 4 members (excludes halogenated alkanes) is 4. The van der Waals surface area contributed by atoms with Gasteiger partial charge in [-0.15, -0.1) is 0 Å². The fourth-order valence-corrected chi connectivity index (χ4v) is 5.46. The molecule has 0 aliphatic heterocycles. The number of benzene rings is 3. The molecule has 2 heteroatoms. The summed E-state index contributed by atoms with van der Waals surface area (Å²) in [4.78, 5) is 0. The van der Waals surface area contributed by atoms with E-state index in [9.17, 15) is 0 Å². The maximum atomic E-state index is 6.80. The van der Waals surface area contributed by atoms with Crippen molar-refractivity contribution in [3.8, 4) is 11.5 Å². The van der Waals surface area contributed by atoms with Gasteiger partial charge in [-0.3, -0.25) is 0 Å². The van der Waals surface area contributed by atoms with Gasteiger partial charge in [0.1, 0.15) is 11.5 Å². The van der Waals surface area contributed by atoms with Gasteiger partial charge in [-0.25, -0.2) is 0 Å². The first-order chi connectivity index (χ1) is 18.3. The summed E-state index contributed by atoms with van der Waals surface area (Å²) in [5.74, 6) is 3.23. The summed E-state index contributed by atoms with van der Waals surface area (Å²) in [7, 11) is 0. The Bertz CT molecular complexity index is 1120. The monoisotopic (exact) mass is 518 g/mol. The van der Waals surface area contributed by atoms with Crippen LogP contribution in [0.3, 0.4) is 0 Å². The maximum absolute atomic E-state index is 6.80. The zero-order valence-corrected chi connectivity index (χ0v) is 25.5. The van der Waals surface area contributed by atoms with E-state index in [2.05, 4.69) is 90.9 Å². The molecule has 0 aliphatic carbocycles. The van der Waals surface area contributed by atoms with Gasteiger partial charge in [0.2, 0.25) is 0 Å². The van der Waals surface area contributed by atoms with Gasteiger partial charge in [-0.2, -0.15) is 0 Å². The van der Waals surface area contributed by atoms with E-state index < -0.39 is 0 Å². The van der Waals surface area contributed by atoms with Crippen molar-refractivity contribution in [2.24, 2.45) is 11.8 Å². The van der Waals surface area contributed by atoms with Crippen molar-refractivity contribution in [3.63, 3.8) is 0 Å². The molecular formula is C36H54O2. The van der Waals surface area contributed by atoms with Crippen LogP contribution in [0, 0.1) is 11.8 Å². The van der Waals surface area contributed by atoms with E-state index in [-0.39, 0.29) is 5.41 Å². The highest BCUT2D eigenvalue weighted by atomic mass is 16.5. The van der Waals surface area contributed by atoms with Gasteiger partial charge in [-0.1, -0.05) is 136 Å². The number of fused-ring (bicyclic) bond motifs is 2. The minimum absolute atomic E-state index is 0.0663. The van der Waals surface area contributed by atoms with Crippen LogP contribution in [0.25, 0.3) is 21.5 Å². The van der Waals surface area contributed by atoms with Gasteiger partial charge < -0.3 is 9.47 Å². The zero-order valence-electron chi connectivity index (χ0n) is 25.5. The van der Waals surface area contributed by atoms with E-state index >= 15 is 0 Å². The van der Waals surface area contributed by atoms with Crippen molar-refractivity contribution in [1.82, 2.24) is 0 Å². The quantitative estimate of drug-likeness (QED) is 0.139. The van der Waals surface area contributed by atoms with Crippen LogP contribution in [-0.4, -0.2) is 13.2 Å². The Morgan fingerprint density at radius 2 is 1.08 bits per heavy atom. The van der Waals surface area contributed by atoms with E-state index in [1.54, 1.807) is 0 Å². The molecule has 3 aromatic carbocycles. The highest BCUT2D eigenvalue weighted by molar-refractivity contribution is 6.11. The lowest BCUT2D eigenvalue weighted by Gasteiger charge is -2.24. The second-order valence-electron chi connectivity index (χ2n) is 12.4. The summed E-state index contributed by atoms with van der Waals surface area (Å²) in [6.07, 6.45) is 12.5. The van der Waals surface area contributed by atoms with Crippen LogP contribution in [0.2, 0.25) is 0 Å². The van der Waals surface area contributed by atoms with Crippen LogP contribution < -0.4 is 9.47 Å². The molecule has 2 atom stereocenters. The van der Waals surface area contributed by atoms with Crippen LogP contribution in [0.4, 0.5) is 0 Å². The molecule has 0 bridgehead atoms. The number of rotatable bonds is 16. The van der Waals surface area contributed by atoms with Crippen molar-refractivity contribution in [3.05, 3.63) is 48.0 Å². The van der Waals surface area contributed by atoms with Crippen molar-refractivity contribution < 1.29 is 9.47 Å². The van der Waals surface area contributed by atoms with Gasteiger partial charge in [0.25, 0.3) is 0 Å². The molecule has 38 heavy (non-hydrogen) atoms. The maximum Gasteiger partial charge on any atom is 0.135 e. The highest BCUT2D eigenvalue weighted by Gasteiger charge is 2.21. The molecule has 0 saturated carbocycles.